The number of phenolic OH excluding ortho intramolecular Hbond substituents is 1. The third-order valence-electron chi connectivity index (χ3n) is 7.79. The minimum absolute atomic E-state index is 0.0708. The molecular formula is C30H27N5O3. The van der Waals surface area contributed by atoms with Gasteiger partial charge < -0.3 is 15.3 Å². The summed E-state index contributed by atoms with van der Waals surface area (Å²) in [4.78, 5) is 36.2. The molecule has 8 heteroatoms. The Bertz CT molecular complexity index is 1620. The number of aromatic nitrogens is 2. The van der Waals surface area contributed by atoms with E-state index in [0.717, 1.165) is 37.7 Å². The molecule has 1 fully saturated rings. The molecule has 1 saturated heterocycles. The molecule has 3 N–H and O–H groups in total. The van der Waals surface area contributed by atoms with E-state index < -0.39 is 23.3 Å². The van der Waals surface area contributed by atoms with E-state index in [1.54, 1.807) is 6.07 Å². The summed E-state index contributed by atoms with van der Waals surface area (Å²) in [6.45, 7) is 1.48. The van der Waals surface area contributed by atoms with Crippen molar-refractivity contribution in [3.8, 4) is 11.8 Å². The molecule has 0 bridgehead atoms. The fourth-order valence-corrected chi connectivity index (χ4v) is 5.87. The van der Waals surface area contributed by atoms with E-state index >= 15 is 0 Å². The molecular weight excluding hydrogens is 478 g/mol. The van der Waals surface area contributed by atoms with Gasteiger partial charge in [-0.1, -0.05) is 60.7 Å². The fourth-order valence-electron chi connectivity index (χ4n) is 5.87. The molecule has 0 aliphatic carbocycles. The predicted octanol–water partition coefficient (Wildman–Crippen LogP) is 4.31. The average Bonchev–Trinajstić information content (AvgIpc) is 2.93. The van der Waals surface area contributed by atoms with E-state index in [2.05, 4.69) is 45.6 Å². The Balaban J connectivity index is 1.35. The van der Waals surface area contributed by atoms with Gasteiger partial charge in [0.2, 0.25) is 11.9 Å². The van der Waals surface area contributed by atoms with E-state index in [9.17, 15) is 20.0 Å². The smallest absolute Gasteiger partial charge is 0.258 e. The van der Waals surface area contributed by atoms with E-state index in [-0.39, 0.29) is 17.1 Å². The van der Waals surface area contributed by atoms with E-state index in [4.69, 9.17) is 0 Å². The van der Waals surface area contributed by atoms with Crippen molar-refractivity contribution in [1.82, 2.24) is 9.97 Å². The van der Waals surface area contributed by atoms with Gasteiger partial charge in [0.25, 0.3) is 5.56 Å². The van der Waals surface area contributed by atoms with Crippen molar-refractivity contribution in [3.63, 3.8) is 0 Å². The number of fused-ring (bicyclic) bond motifs is 2. The molecule has 38 heavy (non-hydrogen) atoms. The van der Waals surface area contributed by atoms with Crippen LogP contribution in [0.1, 0.15) is 35.4 Å². The summed E-state index contributed by atoms with van der Waals surface area (Å²) in [7, 11) is 0. The molecule has 1 aromatic heterocycles. The molecule has 2 aliphatic rings. The Morgan fingerprint density at radius 2 is 1.71 bits per heavy atom. The second-order valence-corrected chi connectivity index (χ2v) is 10.1. The molecule has 3 heterocycles. The number of nitrogens with zero attached hydrogens (tertiary/aromatic N) is 3. The van der Waals surface area contributed by atoms with Gasteiger partial charge in [-0.2, -0.15) is 10.2 Å². The Morgan fingerprint density at radius 3 is 2.47 bits per heavy atom. The lowest BCUT2D eigenvalue weighted by molar-refractivity contribution is -0.119. The van der Waals surface area contributed by atoms with Crippen LogP contribution in [-0.4, -0.2) is 34.1 Å². The molecule has 4 aromatic rings. The summed E-state index contributed by atoms with van der Waals surface area (Å²) in [5.74, 6) is -1.67. The average molecular weight is 506 g/mol. The monoisotopic (exact) mass is 505 g/mol. The maximum absolute atomic E-state index is 13.6. The van der Waals surface area contributed by atoms with Gasteiger partial charge in [-0.25, -0.2) is 0 Å². The van der Waals surface area contributed by atoms with Crippen molar-refractivity contribution in [2.75, 3.05) is 23.3 Å². The topological polar surface area (TPSA) is 122 Å². The molecule has 190 valence electrons. The van der Waals surface area contributed by atoms with E-state index in [1.807, 2.05) is 35.2 Å². The summed E-state index contributed by atoms with van der Waals surface area (Å²) < 4.78 is 0. The van der Waals surface area contributed by atoms with Gasteiger partial charge in [0.15, 0.2) is 0 Å². The van der Waals surface area contributed by atoms with Crippen molar-refractivity contribution in [2.24, 2.45) is 11.8 Å². The molecule has 1 amide bonds. The summed E-state index contributed by atoms with van der Waals surface area (Å²) in [5, 5.41) is 25.0. The highest BCUT2D eigenvalue weighted by Gasteiger charge is 2.42. The van der Waals surface area contributed by atoms with Crippen LogP contribution < -0.4 is 15.8 Å². The van der Waals surface area contributed by atoms with Crippen LogP contribution in [-0.2, 0) is 11.2 Å². The van der Waals surface area contributed by atoms with Crippen LogP contribution in [0.2, 0.25) is 0 Å². The Kier molecular flexibility index (Phi) is 6.04. The van der Waals surface area contributed by atoms with Gasteiger partial charge in [0.1, 0.15) is 17.5 Å². The standard InChI is InChI=1S/C30H27N5O3/c31-17-22-25(24-21-9-5-4-8-20(21)10-11-23(24)36)26-27(32-28(22)37)33-30(34-29(26)38)35-14-12-19(13-15-35)16-18-6-2-1-3-7-18/h1-11,19,22,25,36H,12-16H2,(H2,32,33,34,37,38). The van der Waals surface area contributed by atoms with Crippen molar-refractivity contribution in [1.29, 1.82) is 5.26 Å². The minimum atomic E-state index is -1.19. The first kappa shape index (κ1) is 23.7. The number of nitrogens with one attached hydrogen (secondary N) is 2. The molecule has 2 atom stereocenters. The van der Waals surface area contributed by atoms with Crippen molar-refractivity contribution in [3.05, 3.63) is 93.8 Å². The number of aromatic amines is 1. The number of anilines is 2. The second kappa shape index (κ2) is 9.67. The Labute approximate surface area is 219 Å². The highest BCUT2D eigenvalue weighted by Crippen LogP contribution is 2.44. The first-order valence-electron chi connectivity index (χ1n) is 12.9. The zero-order valence-electron chi connectivity index (χ0n) is 20.7. The number of H-pyrrole nitrogens is 1. The molecule has 3 aromatic carbocycles. The summed E-state index contributed by atoms with van der Waals surface area (Å²) in [6.07, 6.45) is 2.95. The molecule has 0 saturated carbocycles. The molecule has 6 rings (SSSR count). The summed E-state index contributed by atoms with van der Waals surface area (Å²) in [5.41, 5.74) is 1.47. The van der Waals surface area contributed by atoms with Crippen LogP contribution in [0, 0.1) is 23.2 Å². The quantitative estimate of drug-likeness (QED) is 0.380. The van der Waals surface area contributed by atoms with E-state index in [1.165, 1.54) is 11.6 Å². The van der Waals surface area contributed by atoms with Crippen molar-refractivity contribution in [2.45, 2.75) is 25.2 Å². The second-order valence-electron chi connectivity index (χ2n) is 10.1. The SMILES string of the molecule is N#CC1C(=O)Nc2nc(N3CCC(Cc4ccccc4)CC3)[nH]c(=O)c2C1c1c(O)ccc2ccccc12. The predicted molar refractivity (Wildman–Crippen MR) is 145 cm³/mol. The molecule has 2 aliphatic heterocycles. The largest absolute Gasteiger partial charge is 0.508 e. The van der Waals surface area contributed by atoms with Gasteiger partial charge in [-0.05, 0) is 47.6 Å². The van der Waals surface area contributed by atoms with Gasteiger partial charge >= 0.3 is 0 Å². The highest BCUT2D eigenvalue weighted by molar-refractivity contribution is 5.99. The Hall–Kier alpha value is -4.64. The van der Waals surface area contributed by atoms with Crippen molar-refractivity contribution < 1.29 is 9.90 Å². The van der Waals surface area contributed by atoms with Crippen molar-refractivity contribution >= 4 is 28.4 Å². The maximum atomic E-state index is 13.6. The number of hydrogen-bond acceptors (Lipinski definition) is 6. The summed E-state index contributed by atoms with van der Waals surface area (Å²) in [6, 6.07) is 23.2. The van der Waals surface area contributed by atoms with Gasteiger partial charge in [-0.15, -0.1) is 0 Å². The minimum Gasteiger partial charge on any atom is -0.508 e. The highest BCUT2D eigenvalue weighted by atomic mass is 16.3. The molecule has 0 spiro atoms. The maximum Gasteiger partial charge on any atom is 0.258 e. The number of rotatable bonds is 4. The number of phenols is 1. The molecule has 0 radical (unpaired) electrons. The van der Waals surface area contributed by atoms with E-state index in [0.29, 0.717) is 22.8 Å². The normalized spacial score (nSPS) is 19.6. The van der Waals surface area contributed by atoms with Gasteiger partial charge in [-0.3, -0.25) is 14.6 Å². The third kappa shape index (κ3) is 4.16. The number of carbonyl (C=O) groups is 1. The van der Waals surface area contributed by atoms with Crippen LogP contribution in [0.5, 0.6) is 5.75 Å². The number of nitriles is 1. The zero-order valence-corrected chi connectivity index (χ0v) is 20.7. The number of piperidine rings is 1. The zero-order chi connectivity index (χ0) is 26.2. The number of aromatic hydroxyl groups is 1. The fraction of sp³-hybridized carbons (Fsp3) is 0.267. The number of benzene rings is 3. The number of hydrogen-bond donors (Lipinski definition) is 3. The van der Waals surface area contributed by atoms with Crippen LogP contribution in [0.4, 0.5) is 11.8 Å². The van der Waals surface area contributed by atoms with Crippen LogP contribution in [0.15, 0.2) is 71.5 Å². The van der Waals surface area contributed by atoms with Gasteiger partial charge in [0.05, 0.1) is 11.6 Å². The number of carbonyl (C=O) groups excluding carboxylic acids is 1. The van der Waals surface area contributed by atoms with Crippen LogP contribution in [0.25, 0.3) is 10.8 Å². The van der Waals surface area contributed by atoms with Crippen LogP contribution in [0.3, 0.4) is 0 Å². The van der Waals surface area contributed by atoms with Crippen LogP contribution >= 0.6 is 0 Å². The number of amides is 1. The molecule has 8 nitrogen and oxygen atoms in total. The lowest BCUT2D eigenvalue weighted by Crippen LogP contribution is -2.41. The lowest BCUT2D eigenvalue weighted by Gasteiger charge is -2.34. The van der Waals surface area contributed by atoms with Gasteiger partial charge in [0, 0.05) is 24.6 Å². The third-order valence-corrected chi connectivity index (χ3v) is 7.79. The first-order chi connectivity index (χ1) is 18.5. The molecule has 2 unspecified atom stereocenters. The summed E-state index contributed by atoms with van der Waals surface area (Å²) >= 11 is 0. The Morgan fingerprint density at radius 1 is 0.974 bits per heavy atom. The first-order valence-corrected chi connectivity index (χ1v) is 12.9. The lowest BCUT2D eigenvalue weighted by atomic mass is 9.77.